The Morgan fingerprint density at radius 1 is 1.07 bits per heavy atom. The molecule has 0 aliphatic heterocycles. The number of likely N-dealkylation sites (N-methyl/N-ethyl adjacent to an activating group) is 1. The highest BCUT2D eigenvalue weighted by molar-refractivity contribution is 5.35. The first-order valence-corrected chi connectivity index (χ1v) is 9.40. The molecule has 146 valence electrons. The van der Waals surface area contributed by atoms with Crippen LogP contribution in [0.5, 0.6) is 11.5 Å². The Labute approximate surface area is 163 Å². The van der Waals surface area contributed by atoms with E-state index in [9.17, 15) is 5.11 Å². The third-order valence-corrected chi connectivity index (χ3v) is 4.24. The Hall–Kier alpha value is -2.30. The number of hydrogen-bond donors (Lipinski definition) is 1. The summed E-state index contributed by atoms with van der Waals surface area (Å²) in [4.78, 5) is 2.09. The van der Waals surface area contributed by atoms with Crippen molar-refractivity contribution in [1.29, 1.82) is 0 Å². The van der Waals surface area contributed by atoms with Gasteiger partial charge in [-0.25, -0.2) is 0 Å². The zero-order valence-corrected chi connectivity index (χ0v) is 16.6. The molecule has 0 aromatic heterocycles. The van der Waals surface area contributed by atoms with Crippen molar-refractivity contribution in [3.8, 4) is 11.5 Å². The van der Waals surface area contributed by atoms with E-state index in [2.05, 4.69) is 31.4 Å². The molecule has 0 heterocycles. The van der Waals surface area contributed by atoms with Crippen LogP contribution in [0, 0.1) is 0 Å². The number of benzene rings is 2. The van der Waals surface area contributed by atoms with Crippen LogP contribution in [0.15, 0.2) is 61.2 Å². The molecule has 0 aliphatic rings. The third-order valence-electron chi connectivity index (χ3n) is 4.24. The monoisotopic (exact) mass is 369 g/mol. The van der Waals surface area contributed by atoms with Gasteiger partial charge in [-0.2, -0.15) is 0 Å². The average molecular weight is 370 g/mol. The van der Waals surface area contributed by atoms with E-state index >= 15 is 0 Å². The smallest absolute Gasteiger partial charge is 0.122 e. The van der Waals surface area contributed by atoms with Crippen molar-refractivity contribution in [3.05, 3.63) is 72.3 Å². The zero-order valence-electron chi connectivity index (χ0n) is 16.6. The molecule has 0 spiro atoms. The molecule has 0 radical (unpaired) electrons. The Balaban J connectivity index is 1.80. The van der Waals surface area contributed by atoms with Crippen molar-refractivity contribution >= 4 is 0 Å². The minimum Gasteiger partial charge on any atom is -0.491 e. The van der Waals surface area contributed by atoms with Crippen molar-refractivity contribution in [1.82, 2.24) is 4.90 Å². The zero-order chi connectivity index (χ0) is 19.6. The molecule has 1 N–H and O–H groups in total. The van der Waals surface area contributed by atoms with Crippen LogP contribution in [0.2, 0.25) is 0 Å². The number of aliphatic hydroxyl groups is 1. The van der Waals surface area contributed by atoms with Gasteiger partial charge in [0.15, 0.2) is 0 Å². The van der Waals surface area contributed by atoms with Crippen LogP contribution in [0.4, 0.5) is 0 Å². The summed E-state index contributed by atoms with van der Waals surface area (Å²) in [5, 5.41) is 10.3. The molecule has 4 heteroatoms. The van der Waals surface area contributed by atoms with Crippen LogP contribution in [0.3, 0.4) is 0 Å². The number of ether oxygens (including phenoxy) is 2. The van der Waals surface area contributed by atoms with Crippen molar-refractivity contribution in [2.75, 3.05) is 26.8 Å². The predicted octanol–water partition coefficient (Wildman–Crippen LogP) is 4.25. The minimum absolute atomic E-state index is 0.280. The Kier molecular flexibility index (Phi) is 8.37. The summed E-state index contributed by atoms with van der Waals surface area (Å²) in [6.45, 7) is 10.00. The van der Waals surface area contributed by atoms with E-state index < -0.39 is 6.10 Å². The topological polar surface area (TPSA) is 41.9 Å². The fourth-order valence-corrected chi connectivity index (χ4v) is 2.91. The van der Waals surface area contributed by atoms with Crippen LogP contribution >= 0.6 is 0 Å². The highest BCUT2D eigenvalue weighted by atomic mass is 16.5. The standard InChI is InChI=1S/C23H31NO3/c1-5-14-26-21-12-10-19(11-13-21)15-24(4)16-20(25)17-27-23-9-7-6-8-22(23)18(2)3/h5-13,18,20,25H,1,14-17H2,2-4H3/t20-/m0/s1. The molecule has 0 unspecified atom stereocenters. The maximum Gasteiger partial charge on any atom is 0.122 e. The summed E-state index contributed by atoms with van der Waals surface area (Å²) in [5.41, 5.74) is 2.33. The van der Waals surface area contributed by atoms with Crippen molar-refractivity contribution in [2.45, 2.75) is 32.4 Å². The summed E-state index contributed by atoms with van der Waals surface area (Å²) in [6, 6.07) is 16.0. The Morgan fingerprint density at radius 3 is 2.44 bits per heavy atom. The highest BCUT2D eigenvalue weighted by Crippen LogP contribution is 2.25. The van der Waals surface area contributed by atoms with E-state index in [1.54, 1.807) is 6.08 Å². The van der Waals surface area contributed by atoms with Gasteiger partial charge in [-0.15, -0.1) is 0 Å². The molecule has 0 fully saturated rings. The van der Waals surface area contributed by atoms with E-state index in [-0.39, 0.29) is 6.61 Å². The molecule has 2 aromatic carbocycles. The number of rotatable bonds is 11. The number of para-hydroxylation sites is 1. The fourth-order valence-electron chi connectivity index (χ4n) is 2.91. The van der Waals surface area contributed by atoms with Gasteiger partial charge < -0.3 is 14.6 Å². The normalized spacial score (nSPS) is 12.2. The number of nitrogens with zero attached hydrogens (tertiary/aromatic N) is 1. The molecule has 0 amide bonds. The molecule has 2 aromatic rings. The minimum atomic E-state index is -0.551. The van der Waals surface area contributed by atoms with E-state index in [1.807, 2.05) is 49.5 Å². The predicted molar refractivity (Wildman–Crippen MR) is 111 cm³/mol. The molecule has 0 saturated heterocycles. The second-order valence-electron chi connectivity index (χ2n) is 7.10. The quantitative estimate of drug-likeness (QED) is 0.602. The summed E-state index contributed by atoms with van der Waals surface area (Å²) in [5.74, 6) is 2.07. The summed E-state index contributed by atoms with van der Waals surface area (Å²) in [6.07, 6.45) is 1.18. The molecule has 4 nitrogen and oxygen atoms in total. The van der Waals surface area contributed by atoms with E-state index in [1.165, 1.54) is 5.56 Å². The van der Waals surface area contributed by atoms with Crippen LogP contribution in [-0.4, -0.2) is 42.9 Å². The molecular weight excluding hydrogens is 338 g/mol. The molecule has 0 saturated carbocycles. The molecule has 2 rings (SSSR count). The molecule has 27 heavy (non-hydrogen) atoms. The summed E-state index contributed by atoms with van der Waals surface area (Å²) < 4.78 is 11.4. The first-order chi connectivity index (χ1) is 13.0. The van der Waals surface area contributed by atoms with E-state index in [0.29, 0.717) is 19.1 Å². The van der Waals surface area contributed by atoms with Gasteiger partial charge in [0.05, 0.1) is 0 Å². The van der Waals surface area contributed by atoms with Gasteiger partial charge >= 0.3 is 0 Å². The lowest BCUT2D eigenvalue weighted by atomic mass is 10.0. The molecule has 0 bridgehead atoms. The maximum absolute atomic E-state index is 10.3. The van der Waals surface area contributed by atoms with Gasteiger partial charge in [-0.3, -0.25) is 4.90 Å². The van der Waals surface area contributed by atoms with Gasteiger partial charge in [0.1, 0.15) is 30.8 Å². The maximum atomic E-state index is 10.3. The largest absolute Gasteiger partial charge is 0.491 e. The second-order valence-corrected chi connectivity index (χ2v) is 7.10. The van der Waals surface area contributed by atoms with Gasteiger partial charge in [0.25, 0.3) is 0 Å². The lowest BCUT2D eigenvalue weighted by molar-refractivity contribution is 0.0739. The number of hydrogen-bond acceptors (Lipinski definition) is 4. The average Bonchev–Trinajstić information content (AvgIpc) is 2.66. The van der Waals surface area contributed by atoms with Crippen LogP contribution in [0.25, 0.3) is 0 Å². The van der Waals surface area contributed by atoms with E-state index in [0.717, 1.165) is 23.6 Å². The molecule has 0 aliphatic carbocycles. The van der Waals surface area contributed by atoms with Gasteiger partial charge in [-0.1, -0.05) is 56.8 Å². The fraction of sp³-hybridized carbons (Fsp3) is 0.391. The SMILES string of the molecule is C=CCOc1ccc(CN(C)C[C@H](O)COc2ccccc2C(C)C)cc1. The summed E-state index contributed by atoms with van der Waals surface area (Å²) >= 11 is 0. The van der Waals surface area contributed by atoms with Crippen LogP contribution < -0.4 is 9.47 Å². The van der Waals surface area contributed by atoms with Crippen LogP contribution in [-0.2, 0) is 6.54 Å². The van der Waals surface area contributed by atoms with Gasteiger partial charge in [0, 0.05) is 13.1 Å². The lowest BCUT2D eigenvalue weighted by Gasteiger charge is -2.22. The van der Waals surface area contributed by atoms with E-state index in [4.69, 9.17) is 9.47 Å². The Bertz CT molecular complexity index is 697. The van der Waals surface area contributed by atoms with Crippen molar-refractivity contribution in [3.63, 3.8) is 0 Å². The van der Waals surface area contributed by atoms with Crippen LogP contribution in [0.1, 0.15) is 30.9 Å². The van der Waals surface area contributed by atoms with Crippen molar-refractivity contribution in [2.24, 2.45) is 0 Å². The number of aliphatic hydroxyl groups excluding tert-OH is 1. The molecule has 1 atom stereocenters. The summed E-state index contributed by atoms with van der Waals surface area (Å²) in [7, 11) is 1.99. The third kappa shape index (κ3) is 7.08. The van der Waals surface area contributed by atoms with Gasteiger partial charge in [-0.05, 0) is 42.3 Å². The lowest BCUT2D eigenvalue weighted by Crippen LogP contribution is -2.32. The van der Waals surface area contributed by atoms with Crippen molar-refractivity contribution < 1.29 is 14.6 Å². The van der Waals surface area contributed by atoms with Gasteiger partial charge in [0.2, 0.25) is 0 Å². The second kappa shape index (κ2) is 10.8. The Morgan fingerprint density at radius 2 is 1.78 bits per heavy atom. The highest BCUT2D eigenvalue weighted by Gasteiger charge is 2.12. The molecular formula is C23H31NO3. The first-order valence-electron chi connectivity index (χ1n) is 9.40. The first kappa shape index (κ1) is 21.0.